The highest BCUT2D eigenvalue weighted by atomic mass is 35.5. The van der Waals surface area contributed by atoms with Crippen LogP contribution in [0.15, 0.2) is 53.4 Å². The van der Waals surface area contributed by atoms with Crippen molar-refractivity contribution < 1.29 is 17.9 Å². The maximum atomic E-state index is 13.0. The molecule has 0 aliphatic heterocycles. The number of benzene rings is 2. The summed E-state index contributed by atoms with van der Waals surface area (Å²) in [6, 6.07) is 12.6. The molecular weight excluding hydrogens is 424 g/mol. The highest BCUT2D eigenvalue weighted by molar-refractivity contribution is 7.89. The number of carbonyl (C=O) groups is 1. The van der Waals surface area contributed by atoms with Gasteiger partial charge in [-0.15, -0.1) is 0 Å². The average molecular weight is 453 g/mol. The van der Waals surface area contributed by atoms with Crippen LogP contribution in [-0.4, -0.2) is 33.5 Å². The third-order valence-corrected chi connectivity index (χ3v) is 6.20. The largest absolute Gasteiger partial charge is 0.492 e. The van der Waals surface area contributed by atoms with Crippen molar-refractivity contribution in [2.24, 2.45) is 5.92 Å². The van der Waals surface area contributed by atoms with Crippen molar-refractivity contribution in [1.29, 1.82) is 0 Å². The van der Waals surface area contributed by atoms with Gasteiger partial charge in [-0.3, -0.25) is 4.79 Å². The number of ether oxygens (including phenoxy) is 1. The molecule has 0 heterocycles. The second-order valence-corrected chi connectivity index (χ2v) is 9.48. The Kier molecular flexibility index (Phi) is 9.14. The Hall–Kier alpha value is -2.09. The number of carbonyl (C=O) groups excluding carboxylic acids is 1. The van der Waals surface area contributed by atoms with Crippen LogP contribution in [0.5, 0.6) is 5.75 Å². The first-order chi connectivity index (χ1) is 14.2. The lowest BCUT2D eigenvalue weighted by atomic mass is 10.1. The van der Waals surface area contributed by atoms with Gasteiger partial charge in [0.2, 0.25) is 15.9 Å². The van der Waals surface area contributed by atoms with E-state index >= 15 is 0 Å². The fourth-order valence-electron chi connectivity index (χ4n) is 2.82. The summed E-state index contributed by atoms with van der Waals surface area (Å²) in [6.45, 7) is 6.84. The number of amides is 1. The third-order valence-electron chi connectivity index (χ3n) is 4.43. The van der Waals surface area contributed by atoms with Gasteiger partial charge in [0.1, 0.15) is 11.8 Å². The molecule has 2 aromatic carbocycles. The van der Waals surface area contributed by atoms with E-state index < -0.39 is 16.1 Å². The summed E-state index contributed by atoms with van der Waals surface area (Å²) in [5, 5.41) is 3.03. The Morgan fingerprint density at radius 2 is 1.83 bits per heavy atom. The molecule has 0 aromatic heterocycles. The smallest absolute Gasteiger partial charge is 0.241 e. The lowest BCUT2D eigenvalue weighted by Crippen LogP contribution is -2.48. The summed E-state index contributed by atoms with van der Waals surface area (Å²) >= 11 is 6.14. The first-order valence-corrected chi connectivity index (χ1v) is 11.9. The van der Waals surface area contributed by atoms with Crippen LogP contribution in [0.3, 0.4) is 0 Å². The SMILES string of the molecule is CCOc1ccc(S(=O)(=O)N[C@H](Cc2ccccc2)C(=O)NCCC(C)C)cc1Cl. The molecular formula is C22H29ClN2O4S. The molecule has 6 nitrogen and oxygen atoms in total. The minimum atomic E-state index is -3.97. The minimum absolute atomic E-state index is 0.0241. The molecule has 0 bridgehead atoms. The van der Waals surface area contributed by atoms with Gasteiger partial charge in [-0.05, 0) is 49.4 Å². The molecule has 0 fully saturated rings. The zero-order chi connectivity index (χ0) is 22.1. The first kappa shape index (κ1) is 24.2. The molecule has 0 aliphatic carbocycles. The molecule has 0 unspecified atom stereocenters. The quantitative estimate of drug-likeness (QED) is 0.543. The van der Waals surface area contributed by atoms with Crippen LogP contribution in [0.4, 0.5) is 0 Å². The van der Waals surface area contributed by atoms with Crippen molar-refractivity contribution in [1.82, 2.24) is 10.0 Å². The second-order valence-electron chi connectivity index (χ2n) is 7.36. The summed E-state index contributed by atoms with van der Waals surface area (Å²) in [6.07, 6.45) is 1.05. The fraction of sp³-hybridized carbons (Fsp3) is 0.409. The predicted molar refractivity (Wildman–Crippen MR) is 119 cm³/mol. The summed E-state index contributed by atoms with van der Waals surface area (Å²) in [4.78, 5) is 12.7. The van der Waals surface area contributed by atoms with Gasteiger partial charge in [-0.1, -0.05) is 55.8 Å². The molecule has 8 heteroatoms. The molecule has 2 N–H and O–H groups in total. The molecule has 30 heavy (non-hydrogen) atoms. The standard InChI is InChI=1S/C22H29ClN2O4S/c1-4-29-21-11-10-18(15-19(21)23)30(27,28)25-20(14-17-8-6-5-7-9-17)22(26)24-13-12-16(2)3/h5-11,15-16,20,25H,4,12-14H2,1-3H3,(H,24,26)/t20-/m1/s1. The van der Waals surface area contributed by atoms with Crippen molar-refractivity contribution in [2.45, 2.75) is 44.6 Å². The van der Waals surface area contributed by atoms with Crippen molar-refractivity contribution in [3.63, 3.8) is 0 Å². The Balaban J connectivity index is 2.22. The van der Waals surface area contributed by atoms with E-state index in [2.05, 4.69) is 23.9 Å². The Morgan fingerprint density at radius 3 is 2.43 bits per heavy atom. The molecule has 1 amide bonds. The second kappa shape index (κ2) is 11.3. The predicted octanol–water partition coefficient (Wildman–Crippen LogP) is 3.79. The Morgan fingerprint density at radius 1 is 1.13 bits per heavy atom. The van der Waals surface area contributed by atoms with Crippen molar-refractivity contribution in [3.05, 3.63) is 59.1 Å². The molecule has 0 spiro atoms. The highest BCUT2D eigenvalue weighted by Crippen LogP contribution is 2.27. The monoisotopic (exact) mass is 452 g/mol. The van der Waals surface area contributed by atoms with Crippen molar-refractivity contribution in [3.8, 4) is 5.75 Å². The third kappa shape index (κ3) is 7.31. The Labute approximate surface area is 184 Å². The fourth-order valence-corrected chi connectivity index (χ4v) is 4.34. The zero-order valence-corrected chi connectivity index (χ0v) is 19.1. The summed E-state index contributed by atoms with van der Waals surface area (Å²) < 4.78 is 33.8. The van der Waals surface area contributed by atoms with Gasteiger partial charge in [0.15, 0.2) is 0 Å². The minimum Gasteiger partial charge on any atom is -0.492 e. The van der Waals surface area contributed by atoms with Gasteiger partial charge in [-0.2, -0.15) is 4.72 Å². The normalized spacial score (nSPS) is 12.6. The van der Waals surface area contributed by atoms with Crippen molar-refractivity contribution >= 4 is 27.5 Å². The summed E-state index contributed by atoms with van der Waals surface area (Å²) in [7, 11) is -3.97. The van der Waals surface area contributed by atoms with Crippen LogP contribution in [0.2, 0.25) is 5.02 Å². The van der Waals surface area contributed by atoms with Crippen LogP contribution in [0, 0.1) is 5.92 Å². The number of sulfonamides is 1. The molecule has 0 aliphatic rings. The number of halogens is 1. The maximum absolute atomic E-state index is 13.0. The highest BCUT2D eigenvalue weighted by Gasteiger charge is 2.26. The van der Waals surface area contributed by atoms with Gasteiger partial charge in [0, 0.05) is 6.54 Å². The van der Waals surface area contributed by atoms with Gasteiger partial charge in [-0.25, -0.2) is 8.42 Å². The summed E-state index contributed by atoms with van der Waals surface area (Å²) in [5.41, 5.74) is 0.855. The van der Waals surface area contributed by atoms with Gasteiger partial charge < -0.3 is 10.1 Å². The lowest BCUT2D eigenvalue weighted by Gasteiger charge is -2.19. The van der Waals surface area contributed by atoms with E-state index in [4.69, 9.17) is 16.3 Å². The van der Waals surface area contributed by atoms with E-state index in [1.165, 1.54) is 18.2 Å². The van der Waals surface area contributed by atoms with E-state index in [9.17, 15) is 13.2 Å². The number of rotatable bonds is 11. The molecule has 164 valence electrons. The van der Waals surface area contributed by atoms with Gasteiger partial charge in [0.25, 0.3) is 0 Å². The number of nitrogens with one attached hydrogen (secondary N) is 2. The van der Waals surface area contributed by atoms with Crippen LogP contribution in [0.1, 0.15) is 32.8 Å². The van der Waals surface area contributed by atoms with Crippen LogP contribution >= 0.6 is 11.6 Å². The molecule has 0 saturated carbocycles. The number of hydrogen-bond acceptors (Lipinski definition) is 4. The van der Waals surface area contributed by atoms with Gasteiger partial charge in [0.05, 0.1) is 16.5 Å². The molecule has 0 radical (unpaired) electrons. The van der Waals surface area contributed by atoms with Crippen LogP contribution < -0.4 is 14.8 Å². The molecule has 0 saturated heterocycles. The molecule has 2 rings (SSSR count). The van der Waals surface area contributed by atoms with E-state index in [1.807, 2.05) is 37.3 Å². The average Bonchev–Trinajstić information content (AvgIpc) is 2.69. The molecule has 2 aromatic rings. The van der Waals surface area contributed by atoms with E-state index in [0.29, 0.717) is 24.8 Å². The first-order valence-electron chi connectivity index (χ1n) is 9.99. The zero-order valence-electron chi connectivity index (χ0n) is 17.5. The summed E-state index contributed by atoms with van der Waals surface area (Å²) in [5.74, 6) is 0.478. The topological polar surface area (TPSA) is 84.5 Å². The molecule has 1 atom stereocenters. The Bertz CT molecular complexity index is 933. The maximum Gasteiger partial charge on any atom is 0.241 e. The lowest BCUT2D eigenvalue weighted by molar-refractivity contribution is -0.122. The van der Waals surface area contributed by atoms with E-state index in [-0.39, 0.29) is 22.2 Å². The number of hydrogen-bond donors (Lipinski definition) is 2. The van der Waals surface area contributed by atoms with E-state index in [1.54, 1.807) is 0 Å². The van der Waals surface area contributed by atoms with Crippen LogP contribution in [-0.2, 0) is 21.2 Å². The van der Waals surface area contributed by atoms with Crippen LogP contribution in [0.25, 0.3) is 0 Å². The van der Waals surface area contributed by atoms with Gasteiger partial charge >= 0.3 is 0 Å². The van der Waals surface area contributed by atoms with Crippen molar-refractivity contribution in [2.75, 3.05) is 13.2 Å². The van der Waals surface area contributed by atoms with E-state index in [0.717, 1.165) is 12.0 Å².